The van der Waals surface area contributed by atoms with E-state index < -0.39 is 6.43 Å². The quantitative estimate of drug-likeness (QED) is 0.902. The molecule has 8 heteroatoms. The van der Waals surface area contributed by atoms with Crippen molar-refractivity contribution in [1.29, 1.82) is 0 Å². The molecule has 0 aliphatic carbocycles. The van der Waals surface area contributed by atoms with Crippen LogP contribution in [0.15, 0.2) is 6.20 Å². The summed E-state index contributed by atoms with van der Waals surface area (Å²) in [6.07, 6.45) is 0.447. The number of hydrogen-bond donors (Lipinski definition) is 1. The molecule has 1 aliphatic rings. The number of anilines is 1. The first-order valence-corrected chi connectivity index (χ1v) is 7.35. The molecular weight excluding hydrogens is 306 g/mol. The maximum absolute atomic E-state index is 12.5. The van der Waals surface area contributed by atoms with E-state index in [0.29, 0.717) is 11.7 Å². The summed E-state index contributed by atoms with van der Waals surface area (Å²) in [5.41, 5.74) is 5.61. The Bertz CT molecular complexity index is 405. The minimum Gasteiger partial charge on any atom is -0.375 e. The van der Waals surface area contributed by atoms with Crippen LogP contribution in [-0.2, 0) is 6.54 Å². The number of piperazine rings is 1. The lowest BCUT2D eigenvalue weighted by atomic mass is 10.1. The maximum atomic E-state index is 12.5. The lowest BCUT2D eigenvalue weighted by molar-refractivity contribution is 0.0172. The van der Waals surface area contributed by atoms with E-state index in [1.54, 1.807) is 6.20 Å². The molecule has 2 rings (SSSR count). The summed E-state index contributed by atoms with van der Waals surface area (Å²) >= 11 is 1.49. The fraction of sp³-hybridized carbons (Fsp3) is 0.750. The lowest BCUT2D eigenvalue weighted by Crippen LogP contribution is -2.53. The number of hydrogen-bond acceptors (Lipinski definition) is 5. The Labute approximate surface area is 128 Å². The number of halogens is 3. The normalized spacial score (nSPS) is 21.1. The van der Waals surface area contributed by atoms with Gasteiger partial charge in [0.25, 0.3) is 6.43 Å². The molecule has 4 nitrogen and oxygen atoms in total. The van der Waals surface area contributed by atoms with Crippen LogP contribution in [0, 0.1) is 0 Å². The van der Waals surface area contributed by atoms with E-state index in [1.807, 2.05) is 4.90 Å². The van der Waals surface area contributed by atoms with Gasteiger partial charge in [-0.05, 0) is 6.42 Å². The molecule has 0 amide bonds. The largest absolute Gasteiger partial charge is 0.375 e. The molecular formula is C12H21ClF2N4S. The van der Waals surface area contributed by atoms with Crippen LogP contribution in [0.25, 0.3) is 0 Å². The van der Waals surface area contributed by atoms with Gasteiger partial charge in [0.15, 0.2) is 5.13 Å². The molecule has 1 aromatic rings. The van der Waals surface area contributed by atoms with Gasteiger partial charge in [-0.3, -0.25) is 9.80 Å². The van der Waals surface area contributed by atoms with Gasteiger partial charge in [0.1, 0.15) is 0 Å². The maximum Gasteiger partial charge on any atom is 0.251 e. The number of nitrogens with zero attached hydrogens (tertiary/aromatic N) is 3. The third-order valence-corrected chi connectivity index (χ3v) is 4.29. The van der Waals surface area contributed by atoms with Crippen LogP contribution >= 0.6 is 23.7 Å². The minimum absolute atomic E-state index is 0. The van der Waals surface area contributed by atoms with E-state index in [0.717, 1.165) is 30.9 Å². The van der Waals surface area contributed by atoms with Crippen molar-refractivity contribution in [2.45, 2.75) is 32.4 Å². The number of alkyl halides is 2. The Hall–Kier alpha value is -0.500. The second kappa shape index (κ2) is 8.07. The van der Waals surface area contributed by atoms with E-state index in [1.165, 1.54) is 11.3 Å². The van der Waals surface area contributed by atoms with Crippen molar-refractivity contribution in [3.8, 4) is 0 Å². The Balaban J connectivity index is 0.00000200. The zero-order valence-corrected chi connectivity index (χ0v) is 13.1. The molecule has 1 atom stereocenters. The predicted molar refractivity (Wildman–Crippen MR) is 80.7 cm³/mol. The number of nitrogens with two attached hydrogens (primary N) is 1. The topological polar surface area (TPSA) is 45.4 Å². The van der Waals surface area contributed by atoms with Crippen molar-refractivity contribution in [1.82, 2.24) is 14.8 Å². The summed E-state index contributed by atoms with van der Waals surface area (Å²) in [5, 5.41) is 0.582. The molecule has 1 unspecified atom stereocenters. The average molecular weight is 327 g/mol. The highest BCUT2D eigenvalue weighted by molar-refractivity contribution is 7.15. The first-order chi connectivity index (χ1) is 9.08. The second-order valence-electron chi connectivity index (χ2n) is 4.85. The van der Waals surface area contributed by atoms with Gasteiger partial charge in [0.2, 0.25) is 0 Å². The van der Waals surface area contributed by atoms with Gasteiger partial charge in [-0.2, -0.15) is 0 Å². The number of aromatic nitrogens is 1. The van der Waals surface area contributed by atoms with Crippen LogP contribution in [0.2, 0.25) is 0 Å². The van der Waals surface area contributed by atoms with Gasteiger partial charge in [-0.25, -0.2) is 13.8 Å². The van der Waals surface area contributed by atoms with Crippen LogP contribution in [0.5, 0.6) is 0 Å². The standard InChI is InChI=1S/C12H20F2N4S.ClH/c1-2-9-6-17(3-4-18(9)8-11(13)14)7-10-5-16-12(15)19-10;/h5,9,11H,2-4,6-8H2,1H3,(H2,15,16);1H. The highest BCUT2D eigenvalue weighted by Gasteiger charge is 2.27. The molecule has 0 spiro atoms. The van der Waals surface area contributed by atoms with Gasteiger partial charge in [0, 0.05) is 43.3 Å². The van der Waals surface area contributed by atoms with E-state index in [9.17, 15) is 8.78 Å². The molecule has 1 fully saturated rings. The predicted octanol–water partition coefficient (Wildman–Crippen LogP) is 2.31. The Morgan fingerprint density at radius 2 is 2.25 bits per heavy atom. The SMILES string of the molecule is CCC1CN(Cc2cnc(N)s2)CCN1CC(F)F.Cl. The molecule has 2 N–H and O–H groups in total. The third-order valence-electron chi connectivity index (χ3n) is 3.48. The van der Waals surface area contributed by atoms with Crippen molar-refractivity contribution in [3.63, 3.8) is 0 Å². The van der Waals surface area contributed by atoms with Gasteiger partial charge < -0.3 is 5.73 Å². The summed E-state index contributed by atoms with van der Waals surface area (Å²) in [6, 6.07) is 0.216. The average Bonchev–Trinajstić information content (AvgIpc) is 2.76. The van der Waals surface area contributed by atoms with E-state index >= 15 is 0 Å². The highest BCUT2D eigenvalue weighted by atomic mass is 35.5. The van der Waals surface area contributed by atoms with Gasteiger partial charge >= 0.3 is 0 Å². The molecule has 0 saturated carbocycles. The number of rotatable bonds is 5. The highest BCUT2D eigenvalue weighted by Crippen LogP contribution is 2.20. The smallest absolute Gasteiger partial charge is 0.251 e. The number of thiazole rings is 1. The zero-order valence-electron chi connectivity index (χ0n) is 11.5. The fourth-order valence-electron chi connectivity index (χ4n) is 2.52. The Morgan fingerprint density at radius 3 is 2.80 bits per heavy atom. The monoisotopic (exact) mass is 326 g/mol. The van der Waals surface area contributed by atoms with Crippen LogP contribution in [0.1, 0.15) is 18.2 Å². The molecule has 0 aromatic carbocycles. The number of nitrogen functional groups attached to an aromatic ring is 1. The first kappa shape index (κ1) is 17.6. The summed E-state index contributed by atoms with van der Waals surface area (Å²) < 4.78 is 25.0. The molecule has 0 radical (unpaired) electrons. The van der Waals surface area contributed by atoms with E-state index in [-0.39, 0.29) is 25.0 Å². The lowest BCUT2D eigenvalue weighted by Gasteiger charge is -2.40. The van der Waals surface area contributed by atoms with Crippen LogP contribution in [0.4, 0.5) is 13.9 Å². The van der Waals surface area contributed by atoms with Crippen molar-refractivity contribution in [2.75, 3.05) is 31.9 Å². The molecule has 2 heterocycles. The Morgan fingerprint density at radius 1 is 1.50 bits per heavy atom. The van der Waals surface area contributed by atoms with Crippen molar-refractivity contribution in [3.05, 3.63) is 11.1 Å². The van der Waals surface area contributed by atoms with Gasteiger partial charge in [-0.1, -0.05) is 6.92 Å². The molecule has 0 bridgehead atoms. The van der Waals surface area contributed by atoms with Crippen molar-refractivity contribution in [2.24, 2.45) is 0 Å². The second-order valence-corrected chi connectivity index (χ2v) is 5.99. The summed E-state index contributed by atoms with van der Waals surface area (Å²) in [5.74, 6) is 0. The van der Waals surface area contributed by atoms with Gasteiger partial charge in [-0.15, -0.1) is 23.7 Å². The van der Waals surface area contributed by atoms with E-state index in [4.69, 9.17) is 5.73 Å². The van der Waals surface area contributed by atoms with Crippen LogP contribution < -0.4 is 5.73 Å². The fourth-order valence-corrected chi connectivity index (χ4v) is 3.25. The van der Waals surface area contributed by atoms with Gasteiger partial charge in [0.05, 0.1) is 6.54 Å². The van der Waals surface area contributed by atoms with Crippen LogP contribution in [0.3, 0.4) is 0 Å². The third kappa shape index (κ3) is 4.80. The summed E-state index contributed by atoms with van der Waals surface area (Å²) in [4.78, 5) is 9.37. The summed E-state index contributed by atoms with van der Waals surface area (Å²) in [6.45, 7) is 5.12. The molecule has 116 valence electrons. The molecule has 1 aliphatic heterocycles. The van der Waals surface area contributed by atoms with Crippen molar-refractivity contribution >= 4 is 28.9 Å². The summed E-state index contributed by atoms with van der Waals surface area (Å²) in [7, 11) is 0. The van der Waals surface area contributed by atoms with Crippen molar-refractivity contribution < 1.29 is 8.78 Å². The minimum atomic E-state index is -2.25. The zero-order chi connectivity index (χ0) is 13.8. The van der Waals surface area contributed by atoms with Crippen LogP contribution in [-0.4, -0.2) is 53.4 Å². The molecule has 1 aromatic heterocycles. The molecule has 1 saturated heterocycles. The Kier molecular flexibility index (Phi) is 7.08. The first-order valence-electron chi connectivity index (χ1n) is 6.53. The molecule has 20 heavy (non-hydrogen) atoms. The van der Waals surface area contributed by atoms with E-state index in [2.05, 4.69) is 16.8 Å².